The molecule has 2 unspecified atom stereocenters. The van der Waals surface area contributed by atoms with Crippen LogP contribution in [0.25, 0.3) is 0 Å². The summed E-state index contributed by atoms with van der Waals surface area (Å²) in [5, 5.41) is 9.14. The smallest absolute Gasteiger partial charge is 0.131 e. The van der Waals surface area contributed by atoms with Gasteiger partial charge in [-0.1, -0.05) is 0 Å². The molecule has 0 spiro atoms. The molecule has 82 valence electrons. The van der Waals surface area contributed by atoms with Crippen LogP contribution in [0.15, 0.2) is 0 Å². The first-order valence-electron chi connectivity index (χ1n) is 5.09. The lowest BCUT2D eigenvalue weighted by Crippen LogP contribution is -2.51. The molecule has 4 heteroatoms. The topological polar surface area (TPSA) is 49.8 Å². The van der Waals surface area contributed by atoms with E-state index in [0.717, 1.165) is 6.54 Å². The first-order valence-corrected chi connectivity index (χ1v) is 5.09. The summed E-state index contributed by atoms with van der Waals surface area (Å²) < 4.78 is 5.27. The van der Waals surface area contributed by atoms with E-state index in [2.05, 4.69) is 4.90 Å². The van der Waals surface area contributed by atoms with Crippen LogP contribution in [0.4, 0.5) is 0 Å². The Balaban J connectivity index is 2.49. The minimum Gasteiger partial charge on any atom is -0.395 e. The Morgan fingerprint density at radius 3 is 3.00 bits per heavy atom. The van der Waals surface area contributed by atoms with Crippen LogP contribution >= 0.6 is 0 Å². The minimum atomic E-state index is 0.0538. The molecular formula is C10H19NO3. The standard InChI is InChI=1S/C10H19NO3/c1-8(5-9(2)13)11-3-4-14-7-10(11)6-12/h8,10,12H,3-7H2,1-2H3. The Morgan fingerprint density at radius 1 is 1.71 bits per heavy atom. The molecule has 1 heterocycles. The number of hydrogen-bond donors (Lipinski definition) is 1. The van der Waals surface area contributed by atoms with Gasteiger partial charge in [0.25, 0.3) is 0 Å². The average Bonchev–Trinajstić information content (AvgIpc) is 2.16. The molecule has 0 aromatic heterocycles. The number of ether oxygens (including phenoxy) is 1. The zero-order chi connectivity index (χ0) is 10.6. The monoisotopic (exact) mass is 201 g/mol. The number of aliphatic hydroxyl groups is 1. The van der Waals surface area contributed by atoms with E-state index in [1.807, 2.05) is 6.92 Å². The molecule has 0 aliphatic carbocycles. The lowest BCUT2D eigenvalue weighted by atomic mass is 10.1. The molecule has 4 nitrogen and oxygen atoms in total. The van der Waals surface area contributed by atoms with E-state index in [0.29, 0.717) is 19.6 Å². The fraction of sp³-hybridized carbons (Fsp3) is 0.900. The van der Waals surface area contributed by atoms with Gasteiger partial charge in [0.2, 0.25) is 0 Å². The van der Waals surface area contributed by atoms with Crippen LogP contribution in [-0.2, 0) is 9.53 Å². The number of Topliss-reactive ketones (excluding diaryl/α,β-unsaturated/α-hetero) is 1. The van der Waals surface area contributed by atoms with Crippen LogP contribution in [0.1, 0.15) is 20.3 Å². The molecule has 2 atom stereocenters. The average molecular weight is 201 g/mol. The third-order valence-corrected chi connectivity index (χ3v) is 2.63. The number of morpholine rings is 1. The quantitative estimate of drug-likeness (QED) is 0.698. The van der Waals surface area contributed by atoms with Gasteiger partial charge in [0.05, 0.1) is 25.9 Å². The SMILES string of the molecule is CC(=O)CC(C)N1CCOCC1CO. The molecule has 1 rings (SSSR count). The highest BCUT2D eigenvalue weighted by atomic mass is 16.5. The number of ketones is 1. The minimum absolute atomic E-state index is 0.0538. The molecule has 14 heavy (non-hydrogen) atoms. The summed E-state index contributed by atoms with van der Waals surface area (Å²) in [6, 6.07) is 0.256. The molecule has 0 aromatic carbocycles. The van der Waals surface area contributed by atoms with Crippen molar-refractivity contribution in [3.8, 4) is 0 Å². The van der Waals surface area contributed by atoms with Crippen molar-refractivity contribution in [2.75, 3.05) is 26.4 Å². The first kappa shape index (κ1) is 11.6. The first-order chi connectivity index (χ1) is 6.65. The molecule has 0 radical (unpaired) electrons. The third-order valence-electron chi connectivity index (χ3n) is 2.63. The van der Waals surface area contributed by atoms with E-state index in [1.165, 1.54) is 0 Å². The van der Waals surface area contributed by atoms with Gasteiger partial charge in [0.15, 0.2) is 0 Å². The molecule has 0 bridgehead atoms. The van der Waals surface area contributed by atoms with Crippen molar-refractivity contribution >= 4 is 5.78 Å². The highest BCUT2D eigenvalue weighted by Gasteiger charge is 2.26. The van der Waals surface area contributed by atoms with Gasteiger partial charge in [-0.2, -0.15) is 0 Å². The number of hydrogen-bond acceptors (Lipinski definition) is 4. The van der Waals surface area contributed by atoms with E-state index in [9.17, 15) is 4.79 Å². The van der Waals surface area contributed by atoms with Crippen molar-refractivity contribution < 1.29 is 14.6 Å². The second-order valence-electron chi connectivity index (χ2n) is 3.90. The fourth-order valence-electron chi connectivity index (χ4n) is 1.94. The Morgan fingerprint density at radius 2 is 2.43 bits per heavy atom. The number of carbonyl (C=O) groups excluding carboxylic acids is 1. The summed E-state index contributed by atoms with van der Waals surface area (Å²) in [6.07, 6.45) is 0.552. The molecule has 1 fully saturated rings. The number of nitrogens with zero attached hydrogens (tertiary/aromatic N) is 1. The van der Waals surface area contributed by atoms with Gasteiger partial charge in [0.1, 0.15) is 5.78 Å². The summed E-state index contributed by atoms with van der Waals surface area (Å²) >= 11 is 0. The summed E-state index contributed by atoms with van der Waals surface area (Å²) in [5.41, 5.74) is 0. The largest absolute Gasteiger partial charge is 0.395 e. The van der Waals surface area contributed by atoms with Crippen LogP contribution in [0.3, 0.4) is 0 Å². The van der Waals surface area contributed by atoms with Crippen LogP contribution in [0.5, 0.6) is 0 Å². The molecule has 0 aromatic rings. The van der Waals surface area contributed by atoms with Gasteiger partial charge >= 0.3 is 0 Å². The van der Waals surface area contributed by atoms with E-state index in [-0.39, 0.29) is 24.5 Å². The Hall–Kier alpha value is -0.450. The van der Waals surface area contributed by atoms with Crippen LogP contribution in [-0.4, -0.2) is 54.2 Å². The molecular weight excluding hydrogens is 182 g/mol. The van der Waals surface area contributed by atoms with Crippen molar-refractivity contribution in [3.63, 3.8) is 0 Å². The highest BCUT2D eigenvalue weighted by Crippen LogP contribution is 2.13. The van der Waals surface area contributed by atoms with Gasteiger partial charge in [-0.15, -0.1) is 0 Å². The fourth-order valence-corrected chi connectivity index (χ4v) is 1.94. The zero-order valence-electron chi connectivity index (χ0n) is 8.90. The summed E-state index contributed by atoms with van der Waals surface area (Å²) in [4.78, 5) is 13.1. The maximum Gasteiger partial charge on any atom is 0.131 e. The van der Waals surface area contributed by atoms with Crippen LogP contribution in [0, 0.1) is 0 Å². The van der Waals surface area contributed by atoms with Gasteiger partial charge in [0, 0.05) is 19.0 Å². The summed E-state index contributed by atoms with van der Waals surface area (Å²) in [5.74, 6) is 0.195. The van der Waals surface area contributed by atoms with Gasteiger partial charge in [-0.05, 0) is 13.8 Å². The van der Waals surface area contributed by atoms with Gasteiger partial charge in [-0.25, -0.2) is 0 Å². The van der Waals surface area contributed by atoms with Crippen molar-refractivity contribution in [3.05, 3.63) is 0 Å². The van der Waals surface area contributed by atoms with E-state index < -0.39 is 0 Å². The van der Waals surface area contributed by atoms with Crippen molar-refractivity contribution in [2.45, 2.75) is 32.4 Å². The lowest BCUT2D eigenvalue weighted by molar-refractivity contribution is -0.119. The zero-order valence-corrected chi connectivity index (χ0v) is 8.90. The third kappa shape index (κ3) is 3.04. The molecule has 1 aliphatic rings. The maximum absolute atomic E-state index is 11.0. The summed E-state index contributed by atoms with van der Waals surface area (Å²) in [6.45, 7) is 5.79. The number of rotatable bonds is 4. The van der Waals surface area contributed by atoms with Crippen LogP contribution < -0.4 is 0 Å². The normalized spacial score (nSPS) is 26.1. The Labute approximate surface area is 84.8 Å². The number of carbonyl (C=O) groups is 1. The molecule has 1 saturated heterocycles. The molecule has 0 amide bonds. The van der Waals surface area contributed by atoms with Crippen LogP contribution in [0.2, 0.25) is 0 Å². The van der Waals surface area contributed by atoms with Gasteiger partial charge < -0.3 is 9.84 Å². The molecule has 0 saturated carbocycles. The maximum atomic E-state index is 11.0. The summed E-state index contributed by atoms with van der Waals surface area (Å²) in [7, 11) is 0. The van der Waals surface area contributed by atoms with Gasteiger partial charge in [-0.3, -0.25) is 9.69 Å². The number of aliphatic hydroxyl groups excluding tert-OH is 1. The van der Waals surface area contributed by atoms with Crippen molar-refractivity contribution in [1.82, 2.24) is 4.90 Å². The highest BCUT2D eigenvalue weighted by molar-refractivity contribution is 5.76. The van der Waals surface area contributed by atoms with E-state index in [1.54, 1.807) is 6.92 Å². The predicted octanol–water partition coefficient (Wildman–Crippen LogP) is 0.0471. The molecule has 1 aliphatic heterocycles. The second-order valence-corrected chi connectivity index (χ2v) is 3.90. The lowest BCUT2D eigenvalue weighted by Gasteiger charge is -2.38. The van der Waals surface area contributed by atoms with Crippen molar-refractivity contribution in [2.24, 2.45) is 0 Å². The Bertz CT molecular complexity index is 196. The predicted molar refractivity (Wildman–Crippen MR) is 53.2 cm³/mol. The second kappa shape index (κ2) is 5.44. The van der Waals surface area contributed by atoms with Crippen molar-refractivity contribution in [1.29, 1.82) is 0 Å². The molecule has 1 N–H and O–H groups in total. The van der Waals surface area contributed by atoms with E-state index in [4.69, 9.17) is 9.84 Å². The Kier molecular flexibility index (Phi) is 4.51. The van der Waals surface area contributed by atoms with E-state index >= 15 is 0 Å².